The summed E-state index contributed by atoms with van der Waals surface area (Å²) in [7, 11) is 0. The second-order valence-electron chi connectivity index (χ2n) is 7.06. The molecule has 21 heavy (non-hydrogen) atoms. The predicted octanol–water partition coefficient (Wildman–Crippen LogP) is 2.10. The molecule has 2 N–H and O–H groups in total. The van der Waals surface area contributed by atoms with E-state index >= 15 is 0 Å². The van der Waals surface area contributed by atoms with Gasteiger partial charge in [0.15, 0.2) is 0 Å². The third kappa shape index (κ3) is 5.81. The standard InChI is InChI=1S/C15H27N3O3/c1-15(2,3)21-14(20)17-12-5-4-8-18(10-12)13(19)16-9-11-6-7-11/h11-12H,4-10H2,1-3H3,(H,16,19)(H,17,20). The number of likely N-dealkylation sites (tertiary alicyclic amines) is 1. The SMILES string of the molecule is CC(C)(C)OC(=O)NC1CCCN(C(=O)NCC2CC2)C1. The Morgan fingerprint density at radius 2 is 1.95 bits per heavy atom. The van der Waals surface area contributed by atoms with Gasteiger partial charge >= 0.3 is 12.1 Å². The molecule has 2 rings (SSSR count). The maximum absolute atomic E-state index is 12.1. The first-order valence-electron chi connectivity index (χ1n) is 7.86. The minimum Gasteiger partial charge on any atom is -0.444 e. The summed E-state index contributed by atoms with van der Waals surface area (Å²) in [5, 5.41) is 5.82. The van der Waals surface area contributed by atoms with Gasteiger partial charge < -0.3 is 20.3 Å². The van der Waals surface area contributed by atoms with Gasteiger partial charge in [-0.2, -0.15) is 0 Å². The van der Waals surface area contributed by atoms with E-state index in [9.17, 15) is 9.59 Å². The van der Waals surface area contributed by atoms with Crippen molar-refractivity contribution < 1.29 is 14.3 Å². The fourth-order valence-corrected chi connectivity index (χ4v) is 2.42. The van der Waals surface area contributed by atoms with Crippen molar-refractivity contribution in [1.82, 2.24) is 15.5 Å². The molecule has 6 nitrogen and oxygen atoms in total. The zero-order chi connectivity index (χ0) is 15.5. The number of ether oxygens (including phenoxy) is 1. The quantitative estimate of drug-likeness (QED) is 0.838. The number of piperidine rings is 1. The zero-order valence-corrected chi connectivity index (χ0v) is 13.3. The molecule has 2 fully saturated rings. The van der Waals surface area contributed by atoms with Crippen LogP contribution in [0.15, 0.2) is 0 Å². The smallest absolute Gasteiger partial charge is 0.407 e. The second-order valence-corrected chi connectivity index (χ2v) is 7.06. The molecule has 1 unspecified atom stereocenters. The summed E-state index contributed by atoms with van der Waals surface area (Å²) in [5.41, 5.74) is -0.500. The number of rotatable bonds is 3. The number of hydrogen-bond acceptors (Lipinski definition) is 3. The Labute approximate surface area is 126 Å². The van der Waals surface area contributed by atoms with E-state index in [1.54, 1.807) is 4.90 Å². The molecule has 1 saturated carbocycles. The Kier molecular flexibility index (Phi) is 4.96. The minimum atomic E-state index is -0.500. The van der Waals surface area contributed by atoms with Crippen LogP contribution < -0.4 is 10.6 Å². The predicted molar refractivity (Wildman–Crippen MR) is 80.1 cm³/mol. The van der Waals surface area contributed by atoms with E-state index in [1.807, 2.05) is 20.8 Å². The van der Waals surface area contributed by atoms with Gasteiger partial charge in [0.05, 0.1) is 0 Å². The lowest BCUT2D eigenvalue weighted by molar-refractivity contribution is 0.0479. The third-order valence-corrected chi connectivity index (χ3v) is 3.67. The zero-order valence-electron chi connectivity index (χ0n) is 13.3. The summed E-state index contributed by atoms with van der Waals surface area (Å²) >= 11 is 0. The van der Waals surface area contributed by atoms with Gasteiger partial charge in [0.1, 0.15) is 5.60 Å². The summed E-state index contributed by atoms with van der Waals surface area (Å²) in [6.07, 6.45) is 3.82. The molecule has 6 heteroatoms. The van der Waals surface area contributed by atoms with Crippen molar-refractivity contribution in [3.05, 3.63) is 0 Å². The van der Waals surface area contributed by atoms with E-state index in [2.05, 4.69) is 10.6 Å². The normalized spacial score (nSPS) is 22.6. The van der Waals surface area contributed by atoms with Crippen LogP contribution in [-0.2, 0) is 4.74 Å². The Morgan fingerprint density at radius 3 is 2.57 bits per heavy atom. The number of nitrogens with one attached hydrogen (secondary N) is 2. The van der Waals surface area contributed by atoms with Crippen LogP contribution in [0.3, 0.4) is 0 Å². The van der Waals surface area contributed by atoms with E-state index in [1.165, 1.54) is 12.8 Å². The number of nitrogens with zero attached hydrogens (tertiary/aromatic N) is 1. The van der Waals surface area contributed by atoms with Crippen LogP contribution in [0.1, 0.15) is 46.5 Å². The molecule has 3 amide bonds. The molecule has 1 saturated heterocycles. The number of urea groups is 1. The van der Waals surface area contributed by atoms with Gasteiger partial charge in [-0.25, -0.2) is 9.59 Å². The average Bonchev–Trinajstić information content (AvgIpc) is 3.17. The first-order chi connectivity index (χ1) is 9.83. The topological polar surface area (TPSA) is 70.7 Å². The Morgan fingerprint density at radius 1 is 1.24 bits per heavy atom. The van der Waals surface area contributed by atoms with Crippen molar-refractivity contribution in [2.24, 2.45) is 5.92 Å². The molecule has 120 valence electrons. The molecular formula is C15H27N3O3. The van der Waals surface area contributed by atoms with E-state index in [4.69, 9.17) is 4.74 Å². The van der Waals surface area contributed by atoms with Crippen LogP contribution in [-0.4, -0.2) is 48.3 Å². The average molecular weight is 297 g/mol. The first kappa shape index (κ1) is 15.9. The lowest BCUT2D eigenvalue weighted by atomic mass is 10.1. The summed E-state index contributed by atoms with van der Waals surface area (Å²) in [4.78, 5) is 25.6. The van der Waals surface area contributed by atoms with Gasteiger partial charge in [-0.05, 0) is 52.4 Å². The fourth-order valence-electron chi connectivity index (χ4n) is 2.42. The molecule has 1 atom stereocenters. The van der Waals surface area contributed by atoms with Crippen LogP contribution in [0, 0.1) is 5.92 Å². The molecule has 2 aliphatic rings. The van der Waals surface area contributed by atoms with Crippen molar-refractivity contribution in [2.75, 3.05) is 19.6 Å². The summed E-state index contributed by atoms with van der Waals surface area (Å²) in [5.74, 6) is 0.675. The van der Waals surface area contributed by atoms with Gasteiger partial charge in [0.2, 0.25) is 0 Å². The van der Waals surface area contributed by atoms with Crippen molar-refractivity contribution in [3.8, 4) is 0 Å². The number of amides is 3. The van der Waals surface area contributed by atoms with Crippen LogP contribution >= 0.6 is 0 Å². The highest BCUT2D eigenvalue weighted by Gasteiger charge is 2.28. The summed E-state index contributed by atoms with van der Waals surface area (Å²) in [6, 6.07) is -0.0436. The Hall–Kier alpha value is -1.46. The van der Waals surface area contributed by atoms with Gasteiger partial charge in [0, 0.05) is 25.7 Å². The molecule has 0 bridgehead atoms. The highest BCUT2D eigenvalue weighted by Crippen LogP contribution is 2.27. The lowest BCUT2D eigenvalue weighted by Gasteiger charge is -2.33. The van der Waals surface area contributed by atoms with Gasteiger partial charge in [-0.1, -0.05) is 0 Å². The molecular weight excluding hydrogens is 270 g/mol. The number of hydrogen-bond donors (Lipinski definition) is 2. The van der Waals surface area contributed by atoms with Crippen molar-refractivity contribution in [2.45, 2.75) is 58.1 Å². The molecule has 1 aliphatic carbocycles. The Balaban J connectivity index is 1.74. The minimum absolute atomic E-state index is 0.0161. The molecule has 1 heterocycles. The monoisotopic (exact) mass is 297 g/mol. The second kappa shape index (κ2) is 6.54. The van der Waals surface area contributed by atoms with Gasteiger partial charge in [-0.3, -0.25) is 0 Å². The van der Waals surface area contributed by atoms with Crippen LogP contribution in [0.25, 0.3) is 0 Å². The molecule has 1 aliphatic heterocycles. The summed E-state index contributed by atoms with van der Waals surface area (Å²) < 4.78 is 5.25. The molecule has 0 aromatic carbocycles. The summed E-state index contributed by atoms with van der Waals surface area (Å²) in [6.45, 7) is 7.60. The maximum Gasteiger partial charge on any atom is 0.407 e. The fraction of sp³-hybridized carbons (Fsp3) is 0.867. The largest absolute Gasteiger partial charge is 0.444 e. The van der Waals surface area contributed by atoms with Crippen molar-refractivity contribution >= 4 is 12.1 Å². The van der Waals surface area contributed by atoms with E-state index in [0.717, 1.165) is 25.9 Å². The maximum atomic E-state index is 12.1. The molecule has 0 spiro atoms. The van der Waals surface area contributed by atoms with E-state index in [-0.39, 0.29) is 12.1 Å². The van der Waals surface area contributed by atoms with Gasteiger partial charge in [-0.15, -0.1) is 0 Å². The van der Waals surface area contributed by atoms with Crippen LogP contribution in [0.5, 0.6) is 0 Å². The number of carbonyl (C=O) groups is 2. The molecule has 0 aromatic heterocycles. The first-order valence-corrected chi connectivity index (χ1v) is 7.86. The van der Waals surface area contributed by atoms with Crippen molar-refractivity contribution in [3.63, 3.8) is 0 Å². The third-order valence-electron chi connectivity index (χ3n) is 3.67. The molecule has 0 radical (unpaired) electrons. The van der Waals surface area contributed by atoms with E-state index in [0.29, 0.717) is 12.5 Å². The van der Waals surface area contributed by atoms with Crippen molar-refractivity contribution in [1.29, 1.82) is 0 Å². The molecule has 0 aromatic rings. The highest BCUT2D eigenvalue weighted by atomic mass is 16.6. The number of alkyl carbamates (subject to hydrolysis) is 1. The Bertz CT molecular complexity index is 388. The highest BCUT2D eigenvalue weighted by molar-refractivity contribution is 5.74. The lowest BCUT2D eigenvalue weighted by Crippen LogP contribution is -2.53. The van der Waals surface area contributed by atoms with Crippen LogP contribution in [0.2, 0.25) is 0 Å². The number of carbonyl (C=O) groups excluding carboxylic acids is 2. The van der Waals surface area contributed by atoms with E-state index < -0.39 is 11.7 Å². The van der Waals surface area contributed by atoms with Crippen LogP contribution in [0.4, 0.5) is 9.59 Å². The van der Waals surface area contributed by atoms with Gasteiger partial charge in [0.25, 0.3) is 0 Å².